The number of aromatic nitrogens is 1. The Morgan fingerprint density at radius 1 is 1.25 bits per heavy atom. The Bertz CT molecular complexity index is 493. The summed E-state index contributed by atoms with van der Waals surface area (Å²) < 4.78 is 41.4. The zero-order valence-corrected chi connectivity index (χ0v) is 14.2. The molecule has 0 amide bonds. The molecule has 1 saturated heterocycles. The molecule has 0 aromatic carbocycles. The number of nitrogens with zero attached hydrogens (tertiary/aromatic N) is 2. The van der Waals surface area contributed by atoms with Crippen molar-refractivity contribution in [3.05, 3.63) is 29.6 Å². The SMILES string of the molecule is CC(C)(C)OC=O.FC(F)(F)c1ccc(CN2CCNCC2)cn1. The van der Waals surface area contributed by atoms with Crippen LogP contribution in [0.2, 0.25) is 0 Å². The van der Waals surface area contributed by atoms with Gasteiger partial charge in [-0.15, -0.1) is 0 Å². The zero-order chi connectivity index (χ0) is 18.2. The van der Waals surface area contributed by atoms with Crippen molar-refractivity contribution in [2.24, 2.45) is 0 Å². The van der Waals surface area contributed by atoms with E-state index in [4.69, 9.17) is 0 Å². The Hall–Kier alpha value is -1.67. The van der Waals surface area contributed by atoms with Crippen LogP contribution in [-0.2, 0) is 22.3 Å². The molecule has 0 unspecified atom stereocenters. The number of rotatable bonds is 3. The van der Waals surface area contributed by atoms with E-state index in [0.717, 1.165) is 37.8 Å². The molecule has 1 aromatic heterocycles. The maximum Gasteiger partial charge on any atom is 0.433 e. The number of piperazine rings is 1. The number of halogens is 3. The van der Waals surface area contributed by atoms with Crippen LogP contribution in [0.4, 0.5) is 13.2 Å². The minimum absolute atomic E-state index is 0.318. The van der Waals surface area contributed by atoms with Crippen LogP contribution in [0.1, 0.15) is 32.0 Å². The lowest BCUT2D eigenvalue weighted by Crippen LogP contribution is -2.42. The highest BCUT2D eigenvalue weighted by Crippen LogP contribution is 2.27. The predicted octanol–water partition coefficient (Wildman–Crippen LogP) is 2.46. The largest absolute Gasteiger partial charge is 0.462 e. The van der Waals surface area contributed by atoms with Gasteiger partial charge in [0.1, 0.15) is 11.3 Å². The van der Waals surface area contributed by atoms with Crippen molar-refractivity contribution in [3.8, 4) is 0 Å². The van der Waals surface area contributed by atoms with E-state index in [1.54, 1.807) is 0 Å². The fourth-order valence-electron chi connectivity index (χ4n) is 1.96. The first-order valence-corrected chi connectivity index (χ1v) is 7.68. The highest BCUT2D eigenvalue weighted by molar-refractivity contribution is 5.37. The van der Waals surface area contributed by atoms with Crippen molar-refractivity contribution in [2.45, 2.75) is 39.1 Å². The van der Waals surface area contributed by atoms with Crippen LogP contribution in [0, 0.1) is 0 Å². The molecule has 1 aliphatic rings. The Morgan fingerprint density at radius 3 is 2.25 bits per heavy atom. The van der Waals surface area contributed by atoms with Gasteiger partial charge in [-0.3, -0.25) is 14.7 Å². The molecule has 1 aliphatic heterocycles. The highest BCUT2D eigenvalue weighted by atomic mass is 19.4. The molecule has 5 nitrogen and oxygen atoms in total. The lowest BCUT2D eigenvalue weighted by atomic mass is 10.2. The van der Waals surface area contributed by atoms with Gasteiger partial charge in [0.25, 0.3) is 6.47 Å². The lowest BCUT2D eigenvalue weighted by Gasteiger charge is -2.27. The normalized spacial score (nSPS) is 16.1. The van der Waals surface area contributed by atoms with Crippen molar-refractivity contribution in [1.29, 1.82) is 0 Å². The average molecular weight is 347 g/mol. The van der Waals surface area contributed by atoms with E-state index >= 15 is 0 Å². The second-order valence-corrected chi connectivity index (χ2v) is 6.40. The summed E-state index contributed by atoms with van der Waals surface area (Å²) in [7, 11) is 0. The monoisotopic (exact) mass is 347 g/mol. The van der Waals surface area contributed by atoms with Crippen molar-refractivity contribution in [1.82, 2.24) is 15.2 Å². The molecule has 136 valence electrons. The van der Waals surface area contributed by atoms with E-state index in [1.807, 2.05) is 20.8 Å². The standard InChI is InChI=1S/C11H14F3N3.C5H10O2/c12-11(13,14)10-2-1-9(7-16-10)8-17-5-3-15-4-6-17;1-5(2,3)7-4-6/h1-2,7,15H,3-6,8H2;4H,1-3H3. The van der Waals surface area contributed by atoms with E-state index in [2.05, 4.69) is 19.9 Å². The Kier molecular flexibility index (Phi) is 7.62. The number of carbonyl (C=O) groups excluding carboxylic acids is 1. The summed E-state index contributed by atoms with van der Waals surface area (Å²) in [6, 6.07) is 2.54. The first kappa shape index (κ1) is 20.4. The van der Waals surface area contributed by atoms with Gasteiger partial charge in [-0.1, -0.05) is 6.07 Å². The van der Waals surface area contributed by atoms with Crippen molar-refractivity contribution in [3.63, 3.8) is 0 Å². The molecular weight excluding hydrogens is 323 g/mol. The third-order valence-corrected chi connectivity index (χ3v) is 3.13. The summed E-state index contributed by atoms with van der Waals surface area (Å²) in [5.74, 6) is 0. The van der Waals surface area contributed by atoms with Crippen LogP contribution in [0.25, 0.3) is 0 Å². The van der Waals surface area contributed by atoms with Crippen LogP contribution in [0.3, 0.4) is 0 Å². The quantitative estimate of drug-likeness (QED) is 0.852. The van der Waals surface area contributed by atoms with Crippen molar-refractivity contribution < 1.29 is 22.7 Å². The van der Waals surface area contributed by atoms with E-state index in [9.17, 15) is 18.0 Å². The highest BCUT2D eigenvalue weighted by Gasteiger charge is 2.32. The van der Waals surface area contributed by atoms with E-state index < -0.39 is 11.9 Å². The summed E-state index contributed by atoms with van der Waals surface area (Å²) in [5.41, 5.74) is -0.330. The first-order chi connectivity index (χ1) is 11.1. The number of carbonyl (C=O) groups is 1. The van der Waals surface area contributed by atoms with Crippen molar-refractivity contribution >= 4 is 6.47 Å². The summed E-state index contributed by atoms with van der Waals surface area (Å²) in [5, 5.41) is 3.22. The van der Waals surface area contributed by atoms with Gasteiger partial charge in [-0.05, 0) is 32.4 Å². The van der Waals surface area contributed by atoms with Gasteiger partial charge in [0.2, 0.25) is 0 Å². The lowest BCUT2D eigenvalue weighted by molar-refractivity contribution is -0.141. The van der Waals surface area contributed by atoms with E-state index in [0.29, 0.717) is 13.0 Å². The maximum absolute atomic E-state index is 12.3. The third kappa shape index (κ3) is 8.26. The molecule has 0 saturated carbocycles. The molecule has 0 spiro atoms. The van der Waals surface area contributed by atoms with Crippen LogP contribution in [-0.4, -0.2) is 48.1 Å². The van der Waals surface area contributed by atoms with Gasteiger partial charge in [-0.2, -0.15) is 13.2 Å². The van der Waals surface area contributed by atoms with Crippen LogP contribution in [0.15, 0.2) is 18.3 Å². The Morgan fingerprint density at radius 2 is 1.88 bits per heavy atom. The Balaban J connectivity index is 0.000000351. The van der Waals surface area contributed by atoms with Crippen molar-refractivity contribution in [2.75, 3.05) is 26.2 Å². The van der Waals surface area contributed by atoms with E-state index in [1.165, 1.54) is 12.3 Å². The maximum atomic E-state index is 12.3. The smallest absolute Gasteiger partial charge is 0.433 e. The molecule has 0 bridgehead atoms. The minimum Gasteiger partial charge on any atom is -0.462 e. The summed E-state index contributed by atoms with van der Waals surface area (Å²) in [6.07, 6.45) is -3.04. The number of hydrogen-bond donors (Lipinski definition) is 1. The second-order valence-electron chi connectivity index (χ2n) is 6.40. The van der Waals surface area contributed by atoms with Gasteiger partial charge in [0.05, 0.1) is 0 Å². The van der Waals surface area contributed by atoms with Gasteiger partial charge >= 0.3 is 6.18 Å². The number of hydrogen-bond acceptors (Lipinski definition) is 5. The number of ether oxygens (including phenoxy) is 1. The molecule has 0 atom stereocenters. The zero-order valence-electron chi connectivity index (χ0n) is 14.2. The number of alkyl halides is 3. The number of pyridine rings is 1. The first-order valence-electron chi connectivity index (χ1n) is 7.68. The molecule has 1 aromatic rings. The van der Waals surface area contributed by atoms with Crippen LogP contribution < -0.4 is 5.32 Å². The fraction of sp³-hybridized carbons (Fsp3) is 0.625. The fourth-order valence-corrected chi connectivity index (χ4v) is 1.96. The van der Waals surface area contributed by atoms with Gasteiger partial charge in [0, 0.05) is 38.9 Å². The predicted molar refractivity (Wildman–Crippen MR) is 84.3 cm³/mol. The topological polar surface area (TPSA) is 54.5 Å². The second kappa shape index (κ2) is 8.98. The third-order valence-electron chi connectivity index (χ3n) is 3.13. The van der Waals surface area contributed by atoms with Gasteiger partial charge in [0.15, 0.2) is 0 Å². The molecule has 8 heteroatoms. The molecule has 0 radical (unpaired) electrons. The van der Waals surface area contributed by atoms with Gasteiger partial charge in [-0.25, -0.2) is 0 Å². The Labute approximate surface area is 140 Å². The molecule has 2 rings (SSSR count). The summed E-state index contributed by atoms with van der Waals surface area (Å²) >= 11 is 0. The molecule has 1 N–H and O–H groups in total. The van der Waals surface area contributed by atoms with Gasteiger partial charge < -0.3 is 10.1 Å². The summed E-state index contributed by atoms with van der Waals surface area (Å²) in [4.78, 5) is 15.2. The molecule has 1 fully saturated rings. The van der Waals surface area contributed by atoms with Crippen LogP contribution >= 0.6 is 0 Å². The molecule has 0 aliphatic carbocycles. The minimum atomic E-state index is -4.35. The molecule has 2 heterocycles. The number of nitrogens with one attached hydrogen (secondary N) is 1. The summed E-state index contributed by atoms with van der Waals surface area (Å²) in [6.45, 7) is 10.3. The van der Waals surface area contributed by atoms with E-state index in [-0.39, 0.29) is 5.60 Å². The van der Waals surface area contributed by atoms with Crippen LogP contribution in [0.5, 0.6) is 0 Å². The average Bonchev–Trinajstić information content (AvgIpc) is 2.47. The molecular formula is C16H24F3N3O2. The molecule has 24 heavy (non-hydrogen) atoms.